The van der Waals surface area contributed by atoms with Crippen molar-refractivity contribution < 1.29 is 9.18 Å². The maximum atomic E-state index is 14.3. The molecule has 1 saturated carbocycles. The summed E-state index contributed by atoms with van der Waals surface area (Å²) in [5, 5.41) is 11.1. The summed E-state index contributed by atoms with van der Waals surface area (Å²) in [6.45, 7) is 3.66. The lowest BCUT2D eigenvalue weighted by Gasteiger charge is -2.34. The molecule has 2 N–H and O–H groups in total. The molecule has 1 saturated heterocycles. The van der Waals surface area contributed by atoms with Gasteiger partial charge in [-0.05, 0) is 44.7 Å². The zero-order chi connectivity index (χ0) is 22.5. The minimum atomic E-state index is -0.504. The first-order valence-corrected chi connectivity index (χ1v) is 11.4. The van der Waals surface area contributed by atoms with Crippen LogP contribution in [0.1, 0.15) is 41.9 Å². The average Bonchev–Trinajstić information content (AvgIpc) is 3.32. The predicted octanol–water partition coefficient (Wildman–Crippen LogP) is 2.80. The smallest absolute Gasteiger partial charge is 0.259 e. The topological polar surface area (TPSA) is 91.9 Å². The molecule has 2 fully saturated rings. The van der Waals surface area contributed by atoms with Gasteiger partial charge in [0.05, 0.1) is 11.3 Å². The van der Waals surface area contributed by atoms with Crippen LogP contribution in [0.5, 0.6) is 0 Å². The Hall–Kier alpha value is -3.53. The predicted molar refractivity (Wildman–Crippen MR) is 122 cm³/mol. The molecule has 170 valence electrons. The van der Waals surface area contributed by atoms with Crippen LogP contribution in [0.3, 0.4) is 0 Å². The zero-order valence-corrected chi connectivity index (χ0v) is 18.3. The van der Waals surface area contributed by atoms with Gasteiger partial charge in [0.25, 0.3) is 5.91 Å². The van der Waals surface area contributed by atoms with Gasteiger partial charge in [-0.1, -0.05) is 0 Å². The number of hydrogen-bond acceptors (Lipinski definition) is 6. The highest BCUT2D eigenvalue weighted by Crippen LogP contribution is 2.26. The Kier molecular flexibility index (Phi) is 4.75. The minimum Gasteiger partial charge on any atom is -0.356 e. The summed E-state index contributed by atoms with van der Waals surface area (Å²) in [6.07, 6.45) is 9.52. The van der Waals surface area contributed by atoms with Gasteiger partial charge >= 0.3 is 0 Å². The van der Waals surface area contributed by atoms with E-state index in [4.69, 9.17) is 0 Å². The number of nitrogens with one attached hydrogen (secondary N) is 2. The lowest BCUT2D eigenvalue weighted by Crippen LogP contribution is -2.43. The number of aromatic nitrogens is 5. The molecule has 9 nitrogen and oxygen atoms in total. The number of carbonyl (C=O) groups excluding carboxylic acids is 1. The van der Waals surface area contributed by atoms with E-state index >= 15 is 0 Å². The molecule has 1 amide bonds. The van der Waals surface area contributed by atoms with E-state index in [-0.39, 0.29) is 11.6 Å². The van der Waals surface area contributed by atoms with Crippen LogP contribution in [-0.4, -0.2) is 55.1 Å². The van der Waals surface area contributed by atoms with Crippen LogP contribution in [0.25, 0.3) is 11.3 Å². The van der Waals surface area contributed by atoms with Crippen LogP contribution in [0.4, 0.5) is 15.9 Å². The van der Waals surface area contributed by atoms with Crippen molar-refractivity contribution in [2.24, 2.45) is 0 Å². The number of carbonyl (C=O) groups is 1. The molecule has 4 aromatic heterocycles. The molecule has 4 aromatic rings. The van der Waals surface area contributed by atoms with Crippen LogP contribution in [0.2, 0.25) is 0 Å². The molecular formula is C23H25FN8O. The number of pyridine rings is 2. The van der Waals surface area contributed by atoms with Crippen molar-refractivity contribution in [1.82, 2.24) is 29.3 Å². The van der Waals surface area contributed by atoms with Gasteiger partial charge in [-0.3, -0.25) is 4.79 Å². The van der Waals surface area contributed by atoms with Gasteiger partial charge in [-0.15, -0.1) is 5.10 Å². The first-order chi connectivity index (χ1) is 16.0. The van der Waals surface area contributed by atoms with Gasteiger partial charge in [0.15, 0.2) is 17.1 Å². The molecule has 0 unspecified atom stereocenters. The third kappa shape index (κ3) is 3.80. The SMILES string of the molecule is Cc1nc2c(C(=O)Nc3cc(F)c4nccn4c3)ccc(N3CCC(NC4CC4)CC3)n2n1. The van der Waals surface area contributed by atoms with Gasteiger partial charge in [0, 0.05) is 49.8 Å². The standard InChI is InChI=1S/C23H25FN8O/c1-14-26-21-18(23(33)28-17-12-19(24)22-25-8-11-31(22)13-17)4-5-20(32(21)29-14)30-9-6-16(7-10-30)27-15-2-3-15/h4-5,8,11-13,15-16,27H,2-3,6-7,9-10H2,1H3,(H,28,33). The average molecular weight is 449 g/mol. The van der Waals surface area contributed by atoms with Crippen molar-refractivity contribution >= 4 is 28.7 Å². The summed E-state index contributed by atoms with van der Waals surface area (Å²) in [6, 6.07) is 6.24. The highest BCUT2D eigenvalue weighted by atomic mass is 19.1. The molecule has 1 aliphatic heterocycles. The summed E-state index contributed by atoms with van der Waals surface area (Å²) in [7, 11) is 0. The number of halogens is 1. The second kappa shape index (κ2) is 7.80. The summed E-state index contributed by atoms with van der Waals surface area (Å²) in [5.74, 6) is 0.645. The Labute approximate surface area is 189 Å². The molecule has 0 radical (unpaired) electrons. The number of anilines is 2. The van der Waals surface area contributed by atoms with Gasteiger partial charge in [-0.25, -0.2) is 14.4 Å². The first-order valence-electron chi connectivity index (χ1n) is 11.4. The molecule has 0 aromatic carbocycles. The molecule has 1 aliphatic carbocycles. The fraction of sp³-hybridized carbons (Fsp3) is 0.391. The molecule has 10 heteroatoms. The maximum Gasteiger partial charge on any atom is 0.259 e. The molecule has 33 heavy (non-hydrogen) atoms. The molecular weight excluding hydrogens is 423 g/mol. The summed E-state index contributed by atoms with van der Waals surface area (Å²) < 4.78 is 17.6. The first kappa shape index (κ1) is 20.1. The number of piperidine rings is 1. The van der Waals surface area contributed by atoms with Crippen LogP contribution < -0.4 is 15.5 Å². The summed E-state index contributed by atoms with van der Waals surface area (Å²) in [5.41, 5.74) is 1.43. The Morgan fingerprint density at radius 3 is 2.70 bits per heavy atom. The van der Waals surface area contributed by atoms with E-state index in [1.165, 1.54) is 29.5 Å². The van der Waals surface area contributed by atoms with Crippen LogP contribution in [-0.2, 0) is 0 Å². The Morgan fingerprint density at radius 1 is 1.12 bits per heavy atom. The van der Waals surface area contributed by atoms with Crippen molar-refractivity contribution in [2.45, 2.75) is 44.7 Å². The van der Waals surface area contributed by atoms with Crippen molar-refractivity contribution in [1.29, 1.82) is 0 Å². The van der Waals surface area contributed by atoms with Gasteiger partial charge in [0.1, 0.15) is 11.6 Å². The van der Waals surface area contributed by atoms with E-state index < -0.39 is 5.82 Å². The summed E-state index contributed by atoms with van der Waals surface area (Å²) in [4.78, 5) is 23.9. The Bertz CT molecular complexity index is 1350. The second-order valence-electron chi connectivity index (χ2n) is 8.89. The van der Waals surface area contributed by atoms with Crippen molar-refractivity contribution in [3.8, 4) is 0 Å². The van der Waals surface area contributed by atoms with Crippen LogP contribution in [0, 0.1) is 12.7 Å². The molecule has 0 bridgehead atoms. The monoisotopic (exact) mass is 448 g/mol. The number of amides is 1. The second-order valence-corrected chi connectivity index (χ2v) is 8.89. The number of hydrogen-bond donors (Lipinski definition) is 2. The highest BCUT2D eigenvalue weighted by molar-refractivity contribution is 6.08. The van der Waals surface area contributed by atoms with E-state index in [9.17, 15) is 9.18 Å². The fourth-order valence-corrected chi connectivity index (χ4v) is 4.58. The van der Waals surface area contributed by atoms with Gasteiger partial charge in [0.2, 0.25) is 0 Å². The highest BCUT2D eigenvalue weighted by Gasteiger charge is 2.28. The number of aryl methyl sites for hydroxylation is 1. The van der Waals surface area contributed by atoms with Crippen molar-refractivity contribution in [2.75, 3.05) is 23.3 Å². The third-order valence-electron chi connectivity index (χ3n) is 6.38. The van der Waals surface area contributed by atoms with E-state index in [1.54, 1.807) is 23.0 Å². The largest absolute Gasteiger partial charge is 0.356 e. The van der Waals surface area contributed by atoms with E-state index in [1.807, 2.05) is 13.0 Å². The maximum absolute atomic E-state index is 14.3. The van der Waals surface area contributed by atoms with Crippen LogP contribution in [0.15, 0.2) is 36.8 Å². The third-order valence-corrected chi connectivity index (χ3v) is 6.38. The number of nitrogens with zero attached hydrogens (tertiary/aromatic N) is 6. The minimum absolute atomic E-state index is 0.212. The van der Waals surface area contributed by atoms with Crippen molar-refractivity contribution in [3.63, 3.8) is 0 Å². The fourth-order valence-electron chi connectivity index (χ4n) is 4.58. The van der Waals surface area contributed by atoms with Crippen LogP contribution >= 0.6 is 0 Å². The Morgan fingerprint density at radius 2 is 1.91 bits per heavy atom. The normalized spacial score (nSPS) is 17.2. The molecule has 0 spiro atoms. The van der Waals surface area contributed by atoms with Crippen molar-refractivity contribution in [3.05, 3.63) is 54.0 Å². The quantitative estimate of drug-likeness (QED) is 0.488. The Balaban J connectivity index is 1.26. The lowest BCUT2D eigenvalue weighted by molar-refractivity contribution is 0.102. The molecule has 6 rings (SSSR count). The lowest BCUT2D eigenvalue weighted by atomic mass is 10.0. The number of rotatable bonds is 5. The summed E-state index contributed by atoms with van der Waals surface area (Å²) >= 11 is 0. The van der Waals surface area contributed by atoms with Gasteiger partial charge in [-0.2, -0.15) is 4.52 Å². The zero-order valence-electron chi connectivity index (χ0n) is 18.3. The number of imidazole rings is 1. The molecule has 5 heterocycles. The van der Waals surface area contributed by atoms with E-state index in [2.05, 4.69) is 30.6 Å². The molecule has 0 atom stereocenters. The number of fused-ring (bicyclic) bond motifs is 2. The van der Waals surface area contributed by atoms with Gasteiger partial charge < -0.3 is 19.9 Å². The van der Waals surface area contributed by atoms with E-state index in [0.717, 1.165) is 31.7 Å². The van der Waals surface area contributed by atoms with E-state index in [0.29, 0.717) is 34.8 Å². The molecule has 2 aliphatic rings.